The number of rotatable bonds is 9. The number of nitrogens with one attached hydrogen (secondary N) is 1. The molecule has 0 radical (unpaired) electrons. The van der Waals surface area contributed by atoms with Crippen molar-refractivity contribution in [2.45, 2.75) is 25.3 Å². The third-order valence-electron chi connectivity index (χ3n) is 5.48. The summed E-state index contributed by atoms with van der Waals surface area (Å²) in [7, 11) is -1.67. The summed E-state index contributed by atoms with van der Waals surface area (Å²) in [5.41, 5.74) is 2.70. The zero-order chi connectivity index (χ0) is 27.2. The number of carbonyl (C=O) groups excluding carboxylic acids is 3. The highest BCUT2D eigenvalue weighted by Crippen LogP contribution is 2.21. The van der Waals surface area contributed by atoms with Crippen LogP contribution in [0.4, 0.5) is 5.69 Å². The fraction of sp³-hybridized carbons (Fsp3) is 0.222. The van der Waals surface area contributed by atoms with Crippen LogP contribution in [0.2, 0.25) is 0 Å². The van der Waals surface area contributed by atoms with Gasteiger partial charge in [0.05, 0.1) is 36.8 Å². The Morgan fingerprint density at radius 3 is 1.95 bits per heavy atom. The van der Waals surface area contributed by atoms with Gasteiger partial charge < -0.3 is 14.8 Å². The predicted molar refractivity (Wildman–Crippen MR) is 138 cm³/mol. The number of benzene rings is 3. The van der Waals surface area contributed by atoms with E-state index in [9.17, 15) is 22.8 Å². The standard InChI is InChI=1S/C27H28N2O7S/c1-18-8-10-24(11-9-18)37(33,34)29(16-20-7-5-6-19(2)12-20)17-25(30)28-23-14-21(26(31)35-3)13-22(15-23)27(32)36-4/h5-15H,16-17H2,1-4H3,(H,28,30). The maximum atomic E-state index is 13.5. The molecule has 9 nitrogen and oxygen atoms in total. The lowest BCUT2D eigenvalue weighted by Gasteiger charge is -2.22. The van der Waals surface area contributed by atoms with E-state index in [1.807, 2.05) is 32.0 Å². The second-order valence-electron chi connectivity index (χ2n) is 8.41. The molecule has 0 atom stereocenters. The first-order valence-electron chi connectivity index (χ1n) is 11.3. The average molecular weight is 525 g/mol. The van der Waals surface area contributed by atoms with E-state index in [-0.39, 0.29) is 28.3 Å². The lowest BCUT2D eigenvalue weighted by molar-refractivity contribution is -0.116. The molecule has 0 unspecified atom stereocenters. The fourth-order valence-corrected chi connectivity index (χ4v) is 5.02. The minimum atomic E-state index is -4.04. The highest BCUT2D eigenvalue weighted by atomic mass is 32.2. The molecule has 0 aliphatic carbocycles. The Kier molecular flexibility index (Phi) is 8.80. The lowest BCUT2D eigenvalue weighted by Crippen LogP contribution is -2.37. The quantitative estimate of drug-likeness (QED) is 0.424. The fourth-order valence-electron chi connectivity index (χ4n) is 3.63. The Balaban J connectivity index is 1.93. The van der Waals surface area contributed by atoms with Crippen LogP contribution in [0, 0.1) is 13.8 Å². The van der Waals surface area contributed by atoms with Crippen LogP contribution in [-0.4, -0.2) is 51.3 Å². The van der Waals surface area contributed by atoms with Crippen molar-refractivity contribution in [3.63, 3.8) is 0 Å². The smallest absolute Gasteiger partial charge is 0.337 e. The monoisotopic (exact) mass is 524 g/mol. The van der Waals surface area contributed by atoms with Crippen molar-refractivity contribution in [1.82, 2.24) is 4.31 Å². The van der Waals surface area contributed by atoms with Crippen molar-refractivity contribution < 1.29 is 32.3 Å². The van der Waals surface area contributed by atoms with Crippen LogP contribution in [0.1, 0.15) is 37.4 Å². The average Bonchev–Trinajstić information content (AvgIpc) is 2.87. The van der Waals surface area contributed by atoms with E-state index in [0.29, 0.717) is 5.56 Å². The minimum absolute atomic E-state index is 0.0181. The van der Waals surface area contributed by atoms with Gasteiger partial charge in [0.1, 0.15) is 0 Å². The number of amides is 1. The number of anilines is 1. The zero-order valence-corrected chi connectivity index (χ0v) is 21.8. The van der Waals surface area contributed by atoms with E-state index in [4.69, 9.17) is 9.47 Å². The van der Waals surface area contributed by atoms with E-state index in [0.717, 1.165) is 15.4 Å². The van der Waals surface area contributed by atoms with Gasteiger partial charge in [-0.15, -0.1) is 0 Å². The Hall–Kier alpha value is -4.02. The molecule has 0 spiro atoms. The van der Waals surface area contributed by atoms with Gasteiger partial charge in [0.15, 0.2) is 0 Å². The molecular formula is C27H28N2O7S. The molecule has 1 N–H and O–H groups in total. The van der Waals surface area contributed by atoms with Gasteiger partial charge in [-0.2, -0.15) is 4.31 Å². The molecule has 0 heterocycles. The van der Waals surface area contributed by atoms with Crippen LogP contribution in [0.3, 0.4) is 0 Å². The maximum Gasteiger partial charge on any atom is 0.337 e. The van der Waals surface area contributed by atoms with Crippen molar-refractivity contribution >= 4 is 33.6 Å². The highest BCUT2D eigenvalue weighted by molar-refractivity contribution is 7.89. The predicted octanol–water partition coefficient (Wildman–Crippen LogP) is 3.71. The van der Waals surface area contributed by atoms with E-state index in [1.54, 1.807) is 18.2 Å². The molecule has 0 saturated heterocycles. The number of ether oxygens (including phenoxy) is 2. The summed E-state index contributed by atoms with van der Waals surface area (Å²) in [4.78, 5) is 37.2. The Morgan fingerprint density at radius 1 is 0.811 bits per heavy atom. The summed E-state index contributed by atoms with van der Waals surface area (Å²) in [5.74, 6) is -2.10. The minimum Gasteiger partial charge on any atom is -0.465 e. The van der Waals surface area contributed by atoms with E-state index >= 15 is 0 Å². The SMILES string of the molecule is COC(=O)c1cc(NC(=O)CN(Cc2cccc(C)c2)S(=O)(=O)c2ccc(C)cc2)cc(C(=O)OC)c1. The molecule has 0 aromatic heterocycles. The third kappa shape index (κ3) is 7.02. The molecule has 0 aliphatic rings. The molecule has 0 bridgehead atoms. The summed E-state index contributed by atoms with van der Waals surface area (Å²) >= 11 is 0. The van der Waals surface area contributed by atoms with Crippen LogP contribution in [-0.2, 0) is 30.8 Å². The van der Waals surface area contributed by atoms with Crippen LogP contribution >= 0.6 is 0 Å². The van der Waals surface area contributed by atoms with Crippen LogP contribution in [0.25, 0.3) is 0 Å². The van der Waals surface area contributed by atoms with Crippen molar-refractivity contribution in [3.8, 4) is 0 Å². The van der Waals surface area contributed by atoms with E-state index < -0.39 is 34.4 Å². The first-order chi connectivity index (χ1) is 17.5. The van der Waals surface area contributed by atoms with Gasteiger partial charge in [-0.05, 0) is 49.7 Å². The molecule has 3 rings (SSSR count). The second kappa shape index (κ2) is 11.8. The van der Waals surface area contributed by atoms with Crippen LogP contribution in [0.5, 0.6) is 0 Å². The van der Waals surface area contributed by atoms with Gasteiger partial charge in [0, 0.05) is 12.2 Å². The first kappa shape index (κ1) is 27.6. The molecule has 1 amide bonds. The first-order valence-corrected chi connectivity index (χ1v) is 12.7. The molecular weight excluding hydrogens is 496 g/mol. The largest absolute Gasteiger partial charge is 0.465 e. The Morgan fingerprint density at radius 2 is 1.41 bits per heavy atom. The van der Waals surface area contributed by atoms with Gasteiger partial charge in [0.25, 0.3) is 0 Å². The van der Waals surface area contributed by atoms with Gasteiger partial charge in [0.2, 0.25) is 15.9 Å². The van der Waals surface area contributed by atoms with Gasteiger partial charge in [-0.3, -0.25) is 4.79 Å². The van der Waals surface area contributed by atoms with Gasteiger partial charge in [-0.25, -0.2) is 18.0 Å². The second-order valence-corrected chi connectivity index (χ2v) is 10.3. The van der Waals surface area contributed by atoms with E-state index in [1.165, 1.54) is 44.6 Å². The van der Waals surface area contributed by atoms with Crippen molar-refractivity contribution in [2.75, 3.05) is 26.1 Å². The molecule has 194 valence electrons. The van der Waals surface area contributed by atoms with Crippen molar-refractivity contribution in [1.29, 1.82) is 0 Å². The maximum absolute atomic E-state index is 13.5. The Bertz CT molecular complexity index is 1380. The molecule has 10 heteroatoms. The summed E-state index contributed by atoms with van der Waals surface area (Å²) < 4.78 is 37.5. The van der Waals surface area contributed by atoms with Crippen molar-refractivity contribution in [2.24, 2.45) is 0 Å². The Labute approximate surface area is 216 Å². The van der Waals surface area contributed by atoms with E-state index in [2.05, 4.69) is 5.32 Å². The molecule has 3 aromatic rings. The number of aryl methyl sites for hydroxylation is 2. The van der Waals surface area contributed by atoms with Crippen LogP contribution in [0.15, 0.2) is 71.6 Å². The summed E-state index contributed by atoms with van der Waals surface area (Å²) in [6.45, 7) is 3.18. The number of hydrogen-bond donors (Lipinski definition) is 1. The number of esters is 2. The number of carbonyl (C=O) groups is 3. The number of sulfonamides is 1. The summed E-state index contributed by atoms with van der Waals surface area (Å²) in [5, 5.41) is 2.58. The van der Waals surface area contributed by atoms with Crippen molar-refractivity contribution in [3.05, 3.63) is 94.5 Å². The summed E-state index contributed by atoms with van der Waals surface area (Å²) in [6, 6.07) is 17.6. The van der Waals surface area contributed by atoms with Gasteiger partial charge >= 0.3 is 11.9 Å². The topological polar surface area (TPSA) is 119 Å². The molecule has 0 saturated carbocycles. The van der Waals surface area contributed by atoms with Gasteiger partial charge in [-0.1, -0.05) is 47.5 Å². The summed E-state index contributed by atoms with van der Waals surface area (Å²) in [6.07, 6.45) is 0. The molecule has 3 aromatic carbocycles. The molecule has 37 heavy (non-hydrogen) atoms. The number of nitrogens with zero attached hydrogens (tertiary/aromatic N) is 1. The lowest BCUT2D eigenvalue weighted by atomic mass is 10.1. The van der Waals surface area contributed by atoms with Crippen LogP contribution < -0.4 is 5.32 Å². The molecule has 0 aliphatic heterocycles. The highest BCUT2D eigenvalue weighted by Gasteiger charge is 2.27. The number of hydrogen-bond acceptors (Lipinski definition) is 7. The normalized spacial score (nSPS) is 11.2. The number of methoxy groups -OCH3 is 2. The zero-order valence-electron chi connectivity index (χ0n) is 21.0. The third-order valence-corrected chi connectivity index (χ3v) is 7.29. The molecule has 0 fully saturated rings.